The summed E-state index contributed by atoms with van der Waals surface area (Å²) in [5, 5.41) is 3.79. The van der Waals surface area contributed by atoms with Crippen LogP contribution in [-0.2, 0) is 0 Å². The zero-order valence-electron chi connectivity index (χ0n) is 9.17. The molecule has 0 aromatic rings. The fourth-order valence-electron chi connectivity index (χ4n) is 2.76. The summed E-state index contributed by atoms with van der Waals surface area (Å²) in [4.78, 5) is 0. The van der Waals surface area contributed by atoms with E-state index in [4.69, 9.17) is 5.73 Å². The van der Waals surface area contributed by atoms with Crippen LogP contribution in [0.2, 0.25) is 0 Å². The Morgan fingerprint density at radius 2 is 1.57 bits per heavy atom. The summed E-state index contributed by atoms with van der Waals surface area (Å²) in [5.74, 6) is 0.930. The van der Waals surface area contributed by atoms with Gasteiger partial charge in [0.05, 0.1) is 0 Å². The number of nitrogens with two attached hydrogens (primary N) is 1. The molecule has 0 unspecified atom stereocenters. The van der Waals surface area contributed by atoms with Crippen LogP contribution in [0.3, 0.4) is 0 Å². The predicted molar refractivity (Wildman–Crippen MR) is 60.2 cm³/mol. The highest BCUT2D eigenvalue weighted by Crippen LogP contribution is 2.28. The van der Waals surface area contributed by atoms with Crippen molar-refractivity contribution in [3.63, 3.8) is 0 Å². The second-order valence-corrected chi connectivity index (χ2v) is 5.09. The zero-order valence-corrected chi connectivity index (χ0v) is 9.17. The van der Waals surface area contributed by atoms with Crippen molar-refractivity contribution in [2.45, 2.75) is 63.5 Å². The van der Waals surface area contributed by atoms with E-state index in [1.165, 1.54) is 51.4 Å². The minimum atomic E-state index is 0.828. The van der Waals surface area contributed by atoms with E-state index in [-0.39, 0.29) is 0 Å². The third kappa shape index (κ3) is 2.71. The zero-order chi connectivity index (χ0) is 9.80. The Bertz CT molecular complexity index is 158. The molecule has 2 nitrogen and oxygen atoms in total. The van der Waals surface area contributed by atoms with E-state index in [1.54, 1.807) is 0 Å². The topological polar surface area (TPSA) is 38.0 Å². The second kappa shape index (κ2) is 5.13. The van der Waals surface area contributed by atoms with Crippen molar-refractivity contribution in [1.29, 1.82) is 0 Å². The third-order valence-electron chi connectivity index (χ3n) is 4.00. The molecule has 0 aromatic carbocycles. The molecule has 2 aliphatic carbocycles. The molecular weight excluding hydrogens is 172 g/mol. The standard InChI is InChI=1S/C12H24N2/c13-9-8-10-4-6-12(7-5-10)14-11-2-1-3-11/h10-12,14H,1-9,13H2. The first-order valence-electron chi connectivity index (χ1n) is 6.34. The van der Waals surface area contributed by atoms with Crippen molar-refractivity contribution >= 4 is 0 Å². The van der Waals surface area contributed by atoms with Crippen LogP contribution in [0.15, 0.2) is 0 Å². The molecule has 82 valence electrons. The van der Waals surface area contributed by atoms with Crippen molar-refractivity contribution in [2.75, 3.05) is 6.54 Å². The Hall–Kier alpha value is -0.0800. The normalized spacial score (nSPS) is 34.1. The SMILES string of the molecule is NCCC1CCC(NC2CCC2)CC1. The van der Waals surface area contributed by atoms with E-state index in [2.05, 4.69) is 5.32 Å². The minimum Gasteiger partial charge on any atom is -0.330 e. The summed E-state index contributed by atoms with van der Waals surface area (Å²) in [6, 6.07) is 1.69. The van der Waals surface area contributed by atoms with Gasteiger partial charge in [-0.05, 0) is 57.4 Å². The summed E-state index contributed by atoms with van der Waals surface area (Å²) in [6.07, 6.45) is 11.1. The van der Waals surface area contributed by atoms with Gasteiger partial charge >= 0.3 is 0 Å². The fraction of sp³-hybridized carbons (Fsp3) is 1.00. The fourth-order valence-corrected chi connectivity index (χ4v) is 2.76. The van der Waals surface area contributed by atoms with Crippen LogP contribution in [0.25, 0.3) is 0 Å². The minimum absolute atomic E-state index is 0.828. The first-order valence-corrected chi connectivity index (χ1v) is 6.34. The van der Waals surface area contributed by atoms with Crippen molar-refractivity contribution in [3.05, 3.63) is 0 Å². The Morgan fingerprint density at radius 3 is 2.07 bits per heavy atom. The van der Waals surface area contributed by atoms with Gasteiger partial charge in [0, 0.05) is 12.1 Å². The maximum absolute atomic E-state index is 5.59. The lowest BCUT2D eigenvalue weighted by Crippen LogP contribution is -2.44. The molecule has 0 atom stereocenters. The largest absolute Gasteiger partial charge is 0.330 e. The van der Waals surface area contributed by atoms with Gasteiger partial charge in [-0.3, -0.25) is 0 Å². The molecule has 0 bridgehead atoms. The third-order valence-corrected chi connectivity index (χ3v) is 4.00. The Morgan fingerprint density at radius 1 is 0.929 bits per heavy atom. The van der Waals surface area contributed by atoms with E-state index < -0.39 is 0 Å². The average molecular weight is 196 g/mol. The molecule has 2 aliphatic rings. The van der Waals surface area contributed by atoms with Gasteiger partial charge in [0.15, 0.2) is 0 Å². The highest BCUT2D eigenvalue weighted by Gasteiger charge is 2.25. The lowest BCUT2D eigenvalue weighted by atomic mass is 9.82. The van der Waals surface area contributed by atoms with Crippen LogP contribution >= 0.6 is 0 Å². The first kappa shape index (κ1) is 10.4. The van der Waals surface area contributed by atoms with Crippen molar-refractivity contribution < 1.29 is 0 Å². The molecule has 0 aromatic heterocycles. The maximum atomic E-state index is 5.59. The van der Waals surface area contributed by atoms with Crippen LogP contribution in [0.1, 0.15) is 51.4 Å². The summed E-state index contributed by atoms with van der Waals surface area (Å²) in [7, 11) is 0. The molecule has 0 heterocycles. The molecular formula is C12H24N2. The molecule has 0 spiro atoms. The lowest BCUT2D eigenvalue weighted by Gasteiger charge is -2.35. The average Bonchev–Trinajstić information content (AvgIpc) is 2.14. The monoisotopic (exact) mass is 196 g/mol. The van der Waals surface area contributed by atoms with Gasteiger partial charge in [0.2, 0.25) is 0 Å². The molecule has 0 saturated heterocycles. The maximum Gasteiger partial charge on any atom is 0.00698 e. The van der Waals surface area contributed by atoms with Crippen LogP contribution in [0.5, 0.6) is 0 Å². The van der Waals surface area contributed by atoms with Crippen LogP contribution in [0.4, 0.5) is 0 Å². The van der Waals surface area contributed by atoms with Gasteiger partial charge in [0.1, 0.15) is 0 Å². The summed E-state index contributed by atoms with van der Waals surface area (Å²) >= 11 is 0. The summed E-state index contributed by atoms with van der Waals surface area (Å²) < 4.78 is 0. The van der Waals surface area contributed by atoms with Gasteiger partial charge in [-0.1, -0.05) is 6.42 Å². The van der Waals surface area contributed by atoms with E-state index in [9.17, 15) is 0 Å². The Labute approximate surface area is 87.6 Å². The second-order valence-electron chi connectivity index (χ2n) is 5.09. The smallest absolute Gasteiger partial charge is 0.00698 e. The van der Waals surface area contributed by atoms with Crippen LogP contribution in [0, 0.1) is 5.92 Å². The number of hydrogen-bond acceptors (Lipinski definition) is 2. The molecule has 2 saturated carbocycles. The van der Waals surface area contributed by atoms with Crippen molar-refractivity contribution in [3.8, 4) is 0 Å². The molecule has 2 rings (SSSR count). The Kier molecular flexibility index (Phi) is 3.82. The van der Waals surface area contributed by atoms with Gasteiger partial charge in [-0.25, -0.2) is 0 Å². The van der Waals surface area contributed by atoms with Gasteiger partial charge in [-0.2, -0.15) is 0 Å². The van der Waals surface area contributed by atoms with Gasteiger partial charge in [0.25, 0.3) is 0 Å². The molecule has 14 heavy (non-hydrogen) atoms. The molecule has 3 N–H and O–H groups in total. The van der Waals surface area contributed by atoms with Crippen LogP contribution in [-0.4, -0.2) is 18.6 Å². The first-order chi connectivity index (χ1) is 6.88. The molecule has 2 heteroatoms. The molecule has 2 fully saturated rings. The van der Waals surface area contributed by atoms with E-state index in [1.807, 2.05) is 0 Å². The Balaban J connectivity index is 1.62. The van der Waals surface area contributed by atoms with Gasteiger partial charge in [-0.15, -0.1) is 0 Å². The number of nitrogens with one attached hydrogen (secondary N) is 1. The lowest BCUT2D eigenvalue weighted by molar-refractivity contribution is 0.231. The highest BCUT2D eigenvalue weighted by molar-refractivity contribution is 4.84. The molecule has 0 amide bonds. The van der Waals surface area contributed by atoms with Gasteiger partial charge < -0.3 is 11.1 Å². The quantitative estimate of drug-likeness (QED) is 0.722. The van der Waals surface area contributed by atoms with Crippen LogP contribution < -0.4 is 11.1 Å². The summed E-state index contributed by atoms with van der Waals surface area (Å²) in [6.45, 7) is 0.880. The number of hydrogen-bond donors (Lipinski definition) is 2. The van der Waals surface area contributed by atoms with E-state index in [0.717, 1.165) is 24.5 Å². The van der Waals surface area contributed by atoms with Crippen molar-refractivity contribution in [1.82, 2.24) is 5.32 Å². The summed E-state index contributed by atoms with van der Waals surface area (Å²) in [5.41, 5.74) is 5.59. The highest BCUT2D eigenvalue weighted by atomic mass is 15.0. The number of rotatable bonds is 4. The molecule has 0 radical (unpaired) electrons. The predicted octanol–water partition coefficient (Wildman–Crippen LogP) is 2.04. The van der Waals surface area contributed by atoms with E-state index >= 15 is 0 Å². The molecule has 0 aliphatic heterocycles. The van der Waals surface area contributed by atoms with Crippen molar-refractivity contribution in [2.24, 2.45) is 11.7 Å². The van der Waals surface area contributed by atoms with E-state index in [0.29, 0.717) is 0 Å².